The minimum absolute atomic E-state index is 0.00996. The number of quaternary nitrogens is 1. The minimum atomic E-state index is -3.93. The summed E-state index contributed by atoms with van der Waals surface area (Å²) in [6, 6.07) is 4.45. The quantitative estimate of drug-likeness (QED) is 0.351. The monoisotopic (exact) mass is 540 g/mol. The summed E-state index contributed by atoms with van der Waals surface area (Å²) < 4.78 is 48.8. The largest absolute Gasteiger partial charge is 0.505 e. The molecule has 0 bridgehead atoms. The molecular weight excluding hydrogens is 505 g/mol. The normalized spacial score (nSPS) is 24.4. The Hall–Kier alpha value is -2.53. The van der Waals surface area contributed by atoms with Crippen LogP contribution in [0.5, 0.6) is 0 Å². The predicted molar refractivity (Wildman–Crippen MR) is 142 cm³/mol. The van der Waals surface area contributed by atoms with Gasteiger partial charge in [-0.05, 0) is 29.5 Å². The van der Waals surface area contributed by atoms with Crippen LogP contribution in [0.4, 0.5) is 11.4 Å². The van der Waals surface area contributed by atoms with Crippen molar-refractivity contribution in [3.05, 3.63) is 30.0 Å². The third-order valence-corrected chi connectivity index (χ3v) is 8.21. The maximum Gasteiger partial charge on any atom is 0.376 e. The summed E-state index contributed by atoms with van der Waals surface area (Å²) in [5.41, 5.74) is 0.746. The number of guanidine groups is 1. The molecule has 0 spiro atoms. The van der Waals surface area contributed by atoms with Gasteiger partial charge in [0.1, 0.15) is 12.3 Å². The summed E-state index contributed by atoms with van der Waals surface area (Å²) >= 11 is 0. The number of fused-ring (bicyclic) bond motifs is 1. The number of allylic oxidation sites excluding steroid dienone is 1. The Balaban J connectivity index is 2.19. The van der Waals surface area contributed by atoms with E-state index in [2.05, 4.69) is 14.8 Å². The van der Waals surface area contributed by atoms with E-state index < -0.39 is 28.0 Å². The third kappa shape index (κ3) is 6.05. The molecule has 2 unspecified atom stereocenters. The number of carbonyl (C=O) groups is 1. The van der Waals surface area contributed by atoms with Crippen molar-refractivity contribution in [1.82, 2.24) is 0 Å². The molecule has 0 radical (unpaired) electrons. The first-order chi connectivity index (χ1) is 16.5. The highest BCUT2D eigenvalue weighted by molar-refractivity contribution is 7.92. The molecular formula is C23H35N5O6PS+. The number of aliphatic hydroxyl groups excluding tert-OH is 1. The number of rotatable bonds is 7. The second kappa shape index (κ2) is 9.74. The molecule has 2 heterocycles. The number of amides is 1. The number of nitrogens with one attached hydrogen (secondary N) is 2. The summed E-state index contributed by atoms with van der Waals surface area (Å²) in [5, 5.41) is 18.4. The fourth-order valence-electron chi connectivity index (χ4n) is 3.84. The van der Waals surface area contributed by atoms with Crippen LogP contribution in [-0.4, -0.2) is 55.6 Å². The fraction of sp³-hybridized carbons (Fsp3) is 0.522. The molecule has 0 aliphatic carbocycles. The lowest BCUT2D eigenvalue weighted by molar-refractivity contribution is -0.770. The van der Waals surface area contributed by atoms with Crippen molar-refractivity contribution in [2.75, 3.05) is 29.9 Å². The number of nitrogens with zero attached hydrogens (tertiary/aromatic N) is 3. The molecule has 13 heteroatoms. The Kier molecular flexibility index (Phi) is 7.59. The molecule has 0 fully saturated rings. The average molecular weight is 541 g/mol. The maximum atomic E-state index is 13.9. The first-order valence-electron chi connectivity index (χ1n) is 11.6. The highest BCUT2D eigenvalue weighted by Crippen LogP contribution is 2.52. The van der Waals surface area contributed by atoms with E-state index in [1.165, 1.54) is 19.2 Å². The van der Waals surface area contributed by atoms with E-state index in [1.807, 2.05) is 34.6 Å². The van der Waals surface area contributed by atoms with Gasteiger partial charge in [-0.2, -0.15) is 0 Å². The van der Waals surface area contributed by atoms with Crippen molar-refractivity contribution in [3.63, 3.8) is 0 Å². The summed E-state index contributed by atoms with van der Waals surface area (Å²) in [7, 11) is -6.25. The van der Waals surface area contributed by atoms with Crippen LogP contribution in [0.25, 0.3) is 0 Å². The van der Waals surface area contributed by atoms with Crippen LogP contribution in [0.2, 0.25) is 0 Å². The molecule has 2 aliphatic rings. The average Bonchev–Trinajstić information content (AvgIpc) is 2.73. The Morgan fingerprint density at radius 3 is 2.50 bits per heavy atom. The van der Waals surface area contributed by atoms with Crippen LogP contribution >= 0.6 is 7.52 Å². The van der Waals surface area contributed by atoms with E-state index in [-0.39, 0.29) is 40.6 Å². The molecule has 198 valence electrons. The van der Waals surface area contributed by atoms with E-state index in [0.717, 1.165) is 12.3 Å². The summed E-state index contributed by atoms with van der Waals surface area (Å²) in [5.74, 6) is -0.556. The second-order valence-corrected chi connectivity index (χ2v) is 14.5. The standard InChI is InChI=1S/C23H34N5O6PS/c1-15(2)12-18-19(29)14-21(30)28(25-18,11-10-23(3,4)5)22-24-17-9-8-16(27-36(7,32)33)13-20(17)35(31,26-22)34-6/h8-9,13-15H,10-12H2,1-7H3,(H2-,24,25,26,27,29,30,31)/p+1. The lowest BCUT2D eigenvalue weighted by Gasteiger charge is -2.36. The van der Waals surface area contributed by atoms with E-state index in [4.69, 9.17) is 9.63 Å². The van der Waals surface area contributed by atoms with Gasteiger partial charge in [0.2, 0.25) is 10.0 Å². The van der Waals surface area contributed by atoms with Crippen LogP contribution in [-0.2, 0) is 23.9 Å². The summed E-state index contributed by atoms with van der Waals surface area (Å²) in [4.78, 5) is 13.5. The first kappa shape index (κ1) is 28.0. The second-order valence-electron chi connectivity index (χ2n) is 10.7. The molecule has 3 rings (SSSR count). The number of anilines is 2. The van der Waals surface area contributed by atoms with Crippen LogP contribution in [0.1, 0.15) is 47.5 Å². The Morgan fingerprint density at radius 1 is 1.28 bits per heavy atom. The molecule has 1 aromatic carbocycles. The number of carbonyl (C=O) groups excluding carboxylic acids is 1. The van der Waals surface area contributed by atoms with Gasteiger partial charge in [0.25, 0.3) is 0 Å². The highest BCUT2D eigenvalue weighted by Gasteiger charge is 2.51. The van der Waals surface area contributed by atoms with Crippen molar-refractivity contribution >= 4 is 51.8 Å². The Bertz CT molecular complexity index is 1310. The zero-order chi connectivity index (χ0) is 27.1. The van der Waals surface area contributed by atoms with Gasteiger partial charge in [0.15, 0.2) is 5.76 Å². The molecule has 1 amide bonds. The molecule has 0 saturated heterocycles. The van der Waals surface area contributed by atoms with Gasteiger partial charge in [0, 0.05) is 25.6 Å². The fourth-order valence-corrected chi connectivity index (χ4v) is 5.96. The van der Waals surface area contributed by atoms with Gasteiger partial charge in [-0.1, -0.05) is 44.3 Å². The third-order valence-electron chi connectivity index (χ3n) is 5.67. The van der Waals surface area contributed by atoms with Gasteiger partial charge in [0.05, 0.1) is 23.3 Å². The van der Waals surface area contributed by atoms with Gasteiger partial charge < -0.3 is 9.63 Å². The number of aliphatic hydroxyl groups is 1. The molecule has 0 saturated carbocycles. The van der Waals surface area contributed by atoms with Crippen LogP contribution in [0.15, 0.2) is 39.9 Å². The van der Waals surface area contributed by atoms with Crippen LogP contribution in [0.3, 0.4) is 0 Å². The van der Waals surface area contributed by atoms with Crippen molar-refractivity contribution in [3.8, 4) is 0 Å². The first-order valence-corrected chi connectivity index (χ1v) is 15.0. The van der Waals surface area contributed by atoms with Crippen molar-refractivity contribution in [2.24, 2.45) is 21.2 Å². The van der Waals surface area contributed by atoms with Crippen molar-refractivity contribution in [2.45, 2.75) is 47.5 Å². The van der Waals surface area contributed by atoms with E-state index >= 15 is 0 Å². The molecule has 3 N–H and O–H groups in total. The number of benzene rings is 1. The minimum Gasteiger partial charge on any atom is -0.505 e. The Labute approximate surface area is 212 Å². The zero-order valence-electron chi connectivity index (χ0n) is 21.7. The van der Waals surface area contributed by atoms with Gasteiger partial charge >= 0.3 is 19.4 Å². The number of hydrogen-bond donors (Lipinski definition) is 3. The van der Waals surface area contributed by atoms with Gasteiger partial charge in [-0.3, -0.25) is 14.6 Å². The lowest BCUT2D eigenvalue weighted by atomic mass is 9.92. The van der Waals surface area contributed by atoms with Crippen LogP contribution < -0.4 is 15.3 Å². The molecule has 11 nitrogen and oxygen atoms in total. The highest BCUT2D eigenvalue weighted by atomic mass is 32.2. The number of hydrogen-bond acceptors (Lipinski definition) is 8. The SMILES string of the molecule is COP1(=O)N=C([N+]2(CCC(C)(C)C)N=C(CC(C)C)C(O)=CC2=O)Nc2ccc(NS(C)(=O)=O)cc21. The molecule has 1 aromatic rings. The molecule has 2 aliphatic heterocycles. The predicted octanol–water partition coefficient (Wildman–Crippen LogP) is 3.94. The maximum absolute atomic E-state index is 13.9. The smallest absolute Gasteiger partial charge is 0.376 e. The summed E-state index contributed by atoms with van der Waals surface area (Å²) in [6.45, 7) is 10.3. The summed E-state index contributed by atoms with van der Waals surface area (Å²) in [6.07, 6.45) is 3.15. The van der Waals surface area contributed by atoms with E-state index in [9.17, 15) is 22.9 Å². The van der Waals surface area contributed by atoms with Gasteiger partial charge in [-0.15, -0.1) is 4.76 Å². The van der Waals surface area contributed by atoms with Crippen molar-refractivity contribution < 1.29 is 32.0 Å². The Morgan fingerprint density at radius 2 is 1.94 bits per heavy atom. The molecule has 2 atom stereocenters. The van der Waals surface area contributed by atoms with Gasteiger partial charge in [-0.25, -0.2) is 13.2 Å². The van der Waals surface area contributed by atoms with E-state index in [0.29, 0.717) is 24.2 Å². The molecule has 0 aromatic heterocycles. The number of sulfonamides is 1. The lowest BCUT2D eigenvalue weighted by Crippen LogP contribution is -2.59. The van der Waals surface area contributed by atoms with E-state index in [1.54, 1.807) is 6.07 Å². The van der Waals surface area contributed by atoms with Crippen molar-refractivity contribution in [1.29, 1.82) is 0 Å². The van der Waals surface area contributed by atoms with Crippen LogP contribution in [0, 0.1) is 11.3 Å². The zero-order valence-corrected chi connectivity index (χ0v) is 23.4. The molecule has 36 heavy (non-hydrogen) atoms. The topological polar surface area (TPSA) is 147 Å².